The van der Waals surface area contributed by atoms with Gasteiger partial charge in [-0.05, 0) is 12.1 Å². The van der Waals surface area contributed by atoms with E-state index in [4.69, 9.17) is 27.6 Å². The Morgan fingerprint density at radius 1 is 1.20 bits per heavy atom. The smallest absolute Gasteiger partial charge is 0.149 e. The van der Waals surface area contributed by atoms with E-state index in [0.29, 0.717) is 5.76 Å². The standard InChI is InChI=1S/C11H10Cl2O2/c12-6-11(14,7-13)10-5-8-3-1-2-4-9(8)15-10/h1-5,14H,6-7H2. The summed E-state index contributed by atoms with van der Waals surface area (Å²) in [4.78, 5) is 0. The summed E-state index contributed by atoms with van der Waals surface area (Å²) in [5.41, 5.74) is -0.566. The monoisotopic (exact) mass is 244 g/mol. The van der Waals surface area contributed by atoms with Gasteiger partial charge in [0.25, 0.3) is 0 Å². The van der Waals surface area contributed by atoms with Crippen molar-refractivity contribution in [3.63, 3.8) is 0 Å². The molecule has 0 aliphatic rings. The molecular weight excluding hydrogens is 235 g/mol. The van der Waals surface area contributed by atoms with Gasteiger partial charge >= 0.3 is 0 Å². The van der Waals surface area contributed by atoms with Crippen molar-refractivity contribution in [1.82, 2.24) is 0 Å². The van der Waals surface area contributed by atoms with E-state index in [1.165, 1.54) is 0 Å². The highest BCUT2D eigenvalue weighted by Crippen LogP contribution is 2.29. The van der Waals surface area contributed by atoms with Gasteiger partial charge in [0.15, 0.2) is 0 Å². The van der Waals surface area contributed by atoms with Crippen LogP contribution >= 0.6 is 23.2 Å². The van der Waals surface area contributed by atoms with Crippen molar-refractivity contribution >= 4 is 34.2 Å². The maximum atomic E-state index is 10.0. The predicted octanol–water partition coefficient (Wildman–Crippen LogP) is 3.10. The Morgan fingerprint density at radius 3 is 2.47 bits per heavy atom. The summed E-state index contributed by atoms with van der Waals surface area (Å²) in [6, 6.07) is 9.28. The van der Waals surface area contributed by atoms with Gasteiger partial charge in [-0.2, -0.15) is 0 Å². The molecule has 1 N–H and O–H groups in total. The van der Waals surface area contributed by atoms with E-state index in [1.54, 1.807) is 6.07 Å². The van der Waals surface area contributed by atoms with Gasteiger partial charge in [0.2, 0.25) is 0 Å². The predicted molar refractivity (Wildman–Crippen MR) is 61.6 cm³/mol. The number of alkyl halides is 2. The van der Waals surface area contributed by atoms with E-state index >= 15 is 0 Å². The van der Waals surface area contributed by atoms with Crippen LogP contribution in [-0.4, -0.2) is 16.9 Å². The Morgan fingerprint density at radius 2 is 1.87 bits per heavy atom. The molecular formula is C11H10Cl2O2. The second-order valence-corrected chi connectivity index (χ2v) is 3.98. The second kappa shape index (κ2) is 4.05. The molecule has 0 spiro atoms. The van der Waals surface area contributed by atoms with E-state index in [-0.39, 0.29) is 11.8 Å². The minimum Gasteiger partial charge on any atom is -0.458 e. The van der Waals surface area contributed by atoms with E-state index in [9.17, 15) is 5.11 Å². The number of rotatable bonds is 3. The van der Waals surface area contributed by atoms with Crippen molar-refractivity contribution in [3.05, 3.63) is 36.1 Å². The normalized spacial score (nSPS) is 12.2. The van der Waals surface area contributed by atoms with Gasteiger partial charge in [0, 0.05) is 5.39 Å². The lowest BCUT2D eigenvalue weighted by molar-refractivity contribution is 0.0633. The van der Waals surface area contributed by atoms with E-state index in [2.05, 4.69) is 0 Å². The van der Waals surface area contributed by atoms with Crippen LogP contribution < -0.4 is 0 Å². The van der Waals surface area contributed by atoms with Crippen LogP contribution in [0.4, 0.5) is 0 Å². The lowest BCUT2D eigenvalue weighted by Gasteiger charge is -2.19. The molecule has 0 saturated carbocycles. The zero-order chi connectivity index (χ0) is 10.9. The van der Waals surface area contributed by atoms with E-state index < -0.39 is 5.60 Å². The average molecular weight is 245 g/mol. The van der Waals surface area contributed by atoms with Gasteiger partial charge in [-0.3, -0.25) is 0 Å². The molecule has 2 rings (SSSR count). The van der Waals surface area contributed by atoms with Crippen molar-refractivity contribution in [3.8, 4) is 0 Å². The lowest BCUT2D eigenvalue weighted by Crippen LogP contribution is -2.29. The Balaban J connectivity index is 2.52. The molecule has 15 heavy (non-hydrogen) atoms. The topological polar surface area (TPSA) is 33.4 Å². The summed E-state index contributed by atoms with van der Waals surface area (Å²) in [5, 5.41) is 11.0. The summed E-state index contributed by atoms with van der Waals surface area (Å²) < 4.78 is 5.50. The molecule has 0 aliphatic carbocycles. The minimum atomic E-state index is -1.29. The quantitative estimate of drug-likeness (QED) is 0.843. The van der Waals surface area contributed by atoms with Crippen molar-refractivity contribution in [1.29, 1.82) is 0 Å². The SMILES string of the molecule is OC(CCl)(CCl)c1cc2ccccc2o1. The van der Waals surface area contributed by atoms with Gasteiger partial charge in [-0.15, -0.1) is 23.2 Å². The Kier molecular flexibility index (Phi) is 2.91. The molecule has 1 aromatic carbocycles. The number of furan rings is 1. The summed E-state index contributed by atoms with van der Waals surface area (Å²) in [5.74, 6) is 0.431. The largest absolute Gasteiger partial charge is 0.458 e. The number of benzene rings is 1. The molecule has 0 saturated heterocycles. The zero-order valence-corrected chi connectivity index (χ0v) is 9.42. The first kappa shape index (κ1) is 10.8. The van der Waals surface area contributed by atoms with E-state index in [1.807, 2.05) is 24.3 Å². The molecule has 0 radical (unpaired) electrons. The molecule has 0 bridgehead atoms. The molecule has 4 heteroatoms. The van der Waals surface area contributed by atoms with Crippen molar-refractivity contribution in [2.24, 2.45) is 0 Å². The fraction of sp³-hybridized carbons (Fsp3) is 0.273. The molecule has 0 aliphatic heterocycles. The fourth-order valence-electron chi connectivity index (χ4n) is 1.38. The molecule has 2 aromatic rings. The van der Waals surface area contributed by atoms with Crippen molar-refractivity contribution in [2.45, 2.75) is 5.60 Å². The molecule has 80 valence electrons. The van der Waals surface area contributed by atoms with Crippen LogP contribution in [0, 0.1) is 0 Å². The highest BCUT2D eigenvalue weighted by molar-refractivity contribution is 6.21. The van der Waals surface area contributed by atoms with Crippen LogP contribution in [0.1, 0.15) is 5.76 Å². The first-order valence-corrected chi connectivity index (χ1v) is 5.60. The number of hydrogen-bond acceptors (Lipinski definition) is 2. The van der Waals surface area contributed by atoms with Gasteiger partial charge in [-0.1, -0.05) is 18.2 Å². The van der Waals surface area contributed by atoms with Crippen LogP contribution in [0.5, 0.6) is 0 Å². The van der Waals surface area contributed by atoms with Crippen LogP contribution in [-0.2, 0) is 5.60 Å². The first-order chi connectivity index (χ1) is 7.19. The van der Waals surface area contributed by atoms with E-state index in [0.717, 1.165) is 11.0 Å². The lowest BCUT2D eigenvalue weighted by atomic mass is 10.1. The van der Waals surface area contributed by atoms with Gasteiger partial charge < -0.3 is 9.52 Å². The summed E-state index contributed by atoms with van der Waals surface area (Å²) in [6.07, 6.45) is 0. The molecule has 1 heterocycles. The second-order valence-electron chi connectivity index (χ2n) is 3.45. The molecule has 0 fully saturated rings. The molecule has 0 unspecified atom stereocenters. The Labute approximate surface area is 97.4 Å². The number of fused-ring (bicyclic) bond motifs is 1. The number of hydrogen-bond donors (Lipinski definition) is 1. The highest BCUT2D eigenvalue weighted by atomic mass is 35.5. The molecule has 0 atom stereocenters. The first-order valence-electron chi connectivity index (χ1n) is 4.53. The van der Waals surface area contributed by atoms with Gasteiger partial charge in [0.05, 0.1) is 11.8 Å². The minimum absolute atomic E-state index is 0.0102. The third-order valence-corrected chi connectivity index (χ3v) is 3.21. The number of halogens is 2. The molecule has 2 nitrogen and oxygen atoms in total. The average Bonchev–Trinajstić information content (AvgIpc) is 2.72. The third-order valence-electron chi connectivity index (χ3n) is 2.33. The molecule has 1 aromatic heterocycles. The van der Waals surface area contributed by atoms with Crippen molar-refractivity contribution in [2.75, 3.05) is 11.8 Å². The Bertz CT molecular complexity index is 427. The number of aliphatic hydroxyl groups is 1. The summed E-state index contributed by atoms with van der Waals surface area (Å²) in [7, 11) is 0. The third kappa shape index (κ3) is 1.85. The maximum Gasteiger partial charge on any atom is 0.149 e. The number of para-hydroxylation sites is 1. The van der Waals surface area contributed by atoms with Crippen LogP contribution in [0.15, 0.2) is 34.7 Å². The van der Waals surface area contributed by atoms with Gasteiger partial charge in [0.1, 0.15) is 16.9 Å². The fourth-order valence-corrected chi connectivity index (χ4v) is 1.93. The molecule has 0 amide bonds. The highest BCUT2D eigenvalue weighted by Gasteiger charge is 2.31. The van der Waals surface area contributed by atoms with Crippen LogP contribution in [0.25, 0.3) is 11.0 Å². The zero-order valence-electron chi connectivity index (χ0n) is 7.91. The Hall–Kier alpha value is -0.700. The van der Waals surface area contributed by atoms with Crippen LogP contribution in [0.3, 0.4) is 0 Å². The summed E-state index contributed by atoms with van der Waals surface area (Å²) in [6.45, 7) is 0. The maximum absolute atomic E-state index is 10.0. The summed E-state index contributed by atoms with van der Waals surface area (Å²) >= 11 is 11.4. The van der Waals surface area contributed by atoms with Crippen molar-refractivity contribution < 1.29 is 9.52 Å². The van der Waals surface area contributed by atoms with Crippen LogP contribution in [0.2, 0.25) is 0 Å². The van der Waals surface area contributed by atoms with Gasteiger partial charge in [-0.25, -0.2) is 0 Å².